The number of nitrogens with zero attached hydrogens (tertiary/aromatic N) is 4. The van der Waals surface area contributed by atoms with Gasteiger partial charge in [0.2, 0.25) is 5.28 Å². The summed E-state index contributed by atoms with van der Waals surface area (Å²) in [6, 6.07) is 10.5. The van der Waals surface area contributed by atoms with Crippen LogP contribution in [0, 0.1) is 6.92 Å². The molecule has 1 aromatic carbocycles. The van der Waals surface area contributed by atoms with E-state index in [-0.39, 0.29) is 5.28 Å². The van der Waals surface area contributed by atoms with Gasteiger partial charge in [0.25, 0.3) is 0 Å². The van der Waals surface area contributed by atoms with Gasteiger partial charge in [0.05, 0.1) is 11.4 Å². The smallest absolute Gasteiger partial charge is 0.224 e. The summed E-state index contributed by atoms with van der Waals surface area (Å²) in [5.41, 5.74) is 3.09. The summed E-state index contributed by atoms with van der Waals surface area (Å²) in [7, 11) is 0. The summed E-state index contributed by atoms with van der Waals surface area (Å²) in [6.45, 7) is 6.72. The quantitative estimate of drug-likeness (QED) is 0.635. The van der Waals surface area contributed by atoms with E-state index in [4.69, 9.17) is 23.2 Å². The van der Waals surface area contributed by atoms with Crippen LogP contribution in [0.2, 0.25) is 10.4 Å². The van der Waals surface area contributed by atoms with E-state index < -0.39 is 0 Å². The zero-order valence-electron chi connectivity index (χ0n) is 12.5. The van der Waals surface area contributed by atoms with Gasteiger partial charge in [-0.2, -0.15) is 0 Å². The van der Waals surface area contributed by atoms with Crippen LogP contribution in [0.5, 0.6) is 0 Å². The molecule has 0 radical (unpaired) electrons. The van der Waals surface area contributed by atoms with Gasteiger partial charge in [-0.3, -0.25) is 4.90 Å². The molecule has 0 unspecified atom stereocenters. The Morgan fingerprint density at radius 3 is 2.32 bits per heavy atom. The minimum absolute atomic E-state index is 0.203. The molecule has 22 heavy (non-hydrogen) atoms. The Labute approximate surface area is 140 Å². The normalized spacial score (nSPS) is 16.0. The number of anilines is 1. The fourth-order valence-electron chi connectivity index (χ4n) is 2.83. The molecule has 6 heteroatoms. The summed E-state index contributed by atoms with van der Waals surface area (Å²) in [5, 5.41) is 0.642. The van der Waals surface area contributed by atoms with Crippen molar-refractivity contribution < 1.29 is 0 Å². The van der Waals surface area contributed by atoms with E-state index in [1.54, 1.807) is 0 Å². The maximum Gasteiger partial charge on any atom is 0.224 e. The average molecular weight is 337 g/mol. The van der Waals surface area contributed by atoms with E-state index in [0.29, 0.717) is 5.15 Å². The van der Waals surface area contributed by atoms with Gasteiger partial charge >= 0.3 is 0 Å². The highest BCUT2D eigenvalue weighted by Gasteiger charge is 2.22. The van der Waals surface area contributed by atoms with Crippen LogP contribution in [0.15, 0.2) is 30.3 Å². The predicted molar refractivity (Wildman–Crippen MR) is 90.7 cm³/mol. The van der Waals surface area contributed by atoms with Crippen LogP contribution in [0.4, 0.5) is 5.69 Å². The minimum atomic E-state index is 0.203. The first-order valence-electron chi connectivity index (χ1n) is 7.34. The summed E-state index contributed by atoms with van der Waals surface area (Å²) in [5.74, 6) is 0. The Hall–Kier alpha value is -1.36. The number of aryl methyl sites for hydroxylation is 1. The molecular weight excluding hydrogens is 319 g/mol. The number of piperazine rings is 1. The van der Waals surface area contributed by atoms with Crippen LogP contribution < -0.4 is 4.90 Å². The van der Waals surface area contributed by atoms with Crippen LogP contribution in [-0.2, 0) is 6.54 Å². The standard InChI is InChI=1S/C16H18Cl2N4/c1-12-14(15(17)20-16(18)19-12)22-9-7-21(8-10-22)11-13-5-3-2-4-6-13/h2-6H,7-11H2,1H3. The summed E-state index contributed by atoms with van der Waals surface area (Å²) in [6.07, 6.45) is 0. The fraction of sp³-hybridized carbons (Fsp3) is 0.375. The van der Waals surface area contributed by atoms with Gasteiger partial charge in [-0.05, 0) is 24.1 Å². The number of hydrogen-bond donors (Lipinski definition) is 0. The highest BCUT2D eigenvalue weighted by molar-refractivity contribution is 6.33. The summed E-state index contributed by atoms with van der Waals surface area (Å²) < 4.78 is 0. The van der Waals surface area contributed by atoms with Crippen molar-refractivity contribution >= 4 is 28.9 Å². The molecule has 2 aromatic rings. The first-order valence-corrected chi connectivity index (χ1v) is 8.10. The van der Waals surface area contributed by atoms with E-state index in [9.17, 15) is 0 Å². The second kappa shape index (κ2) is 6.82. The molecule has 1 aliphatic rings. The van der Waals surface area contributed by atoms with E-state index in [2.05, 4.69) is 44.0 Å². The van der Waals surface area contributed by atoms with Crippen molar-refractivity contribution in [3.05, 3.63) is 52.0 Å². The van der Waals surface area contributed by atoms with Crippen LogP contribution in [-0.4, -0.2) is 41.0 Å². The van der Waals surface area contributed by atoms with E-state index >= 15 is 0 Å². The first-order chi connectivity index (χ1) is 10.6. The Kier molecular flexibility index (Phi) is 4.81. The Bertz CT molecular complexity index is 617. The number of benzene rings is 1. The minimum Gasteiger partial charge on any atom is -0.365 e. The predicted octanol–water partition coefficient (Wildman–Crippen LogP) is 3.41. The first kappa shape index (κ1) is 15.5. The maximum atomic E-state index is 6.24. The summed E-state index contributed by atoms with van der Waals surface area (Å²) >= 11 is 12.1. The number of hydrogen-bond acceptors (Lipinski definition) is 4. The topological polar surface area (TPSA) is 32.3 Å². The zero-order chi connectivity index (χ0) is 15.5. The highest BCUT2D eigenvalue weighted by Crippen LogP contribution is 2.29. The second-order valence-electron chi connectivity index (χ2n) is 5.47. The van der Waals surface area contributed by atoms with Crippen molar-refractivity contribution in [2.45, 2.75) is 13.5 Å². The molecule has 0 saturated carbocycles. The monoisotopic (exact) mass is 336 g/mol. The maximum absolute atomic E-state index is 6.24. The molecule has 0 spiro atoms. The molecular formula is C16H18Cl2N4. The van der Waals surface area contributed by atoms with Crippen molar-refractivity contribution in [1.29, 1.82) is 0 Å². The molecule has 4 nitrogen and oxygen atoms in total. The molecule has 1 fully saturated rings. The van der Waals surface area contributed by atoms with Crippen molar-refractivity contribution in [1.82, 2.24) is 14.9 Å². The molecule has 116 valence electrons. The Morgan fingerprint density at radius 1 is 1.00 bits per heavy atom. The molecule has 0 N–H and O–H groups in total. The van der Waals surface area contributed by atoms with Crippen molar-refractivity contribution in [3.63, 3.8) is 0 Å². The average Bonchev–Trinajstić information content (AvgIpc) is 2.49. The number of rotatable bonds is 3. The van der Waals surface area contributed by atoms with Gasteiger partial charge < -0.3 is 4.90 Å². The largest absolute Gasteiger partial charge is 0.365 e. The van der Waals surface area contributed by atoms with Crippen LogP contribution in [0.1, 0.15) is 11.3 Å². The van der Waals surface area contributed by atoms with Crippen LogP contribution in [0.3, 0.4) is 0 Å². The fourth-order valence-corrected chi connectivity index (χ4v) is 3.42. The SMILES string of the molecule is Cc1nc(Cl)nc(Cl)c1N1CCN(Cc2ccccc2)CC1. The van der Waals surface area contributed by atoms with Gasteiger partial charge in [0.1, 0.15) is 0 Å². The molecule has 0 aliphatic carbocycles. The molecule has 0 amide bonds. The van der Waals surface area contributed by atoms with E-state index in [1.165, 1.54) is 5.56 Å². The molecule has 0 atom stereocenters. The van der Waals surface area contributed by atoms with Gasteiger partial charge in [0, 0.05) is 32.7 Å². The lowest BCUT2D eigenvalue weighted by Crippen LogP contribution is -2.46. The van der Waals surface area contributed by atoms with Gasteiger partial charge in [-0.1, -0.05) is 41.9 Å². The lowest BCUT2D eigenvalue weighted by Gasteiger charge is -2.36. The lowest BCUT2D eigenvalue weighted by atomic mass is 10.2. The van der Waals surface area contributed by atoms with E-state index in [1.807, 2.05) is 13.0 Å². The van der Waals surface area contributed by atoms with Crippen LogP contribution in [0.25, 0.3) is 0 Å². The third-order valence-electron chi connectivity index (χ3n) is 3.93. The third kappa shape index (κ3) is 3.51. The third-order valence-corrected chi connectivity index (χ3v) is 4.36. The van der Waals surface area contributed by atoms with Crippen molar-refractivity contribution in [3.8, 4) is 0 Å². The molecule has 2 heterocycles. The van der Waals surface area contributed by atoms with Crippen molar-refractivity contribution in [2.75, 3.05) is 31.1 Å². The lowest BCUT2D eigenvalue weighted by molar-refractivity contribution is 0.249. The Morgan fingerprint density at radius 2 is 1.68 bits per heavy atom. The van der Waals surface area contributed by atoms with Gasteiger partial charge in [-0.15, -0.1) is 0 Å². The van der Waals surface area contributed by atoms with Gasteiger partial charge in [-0.25, -0.2) is 9.97 Å². The zero-order valence-corrected chi connectivity index (χ0v) is 14.0. The highest BCUT2D eigenvalue weighted by atomic mass is 35.5. The Balaban J connectivity index is 1.65. The molecule has 1 saturated heterocycles. The molecule has 3 rings (SSSR count). The number of halogens is 2. The van der Waals surface area contributed by atoms with Gasteiger partial charge in [0.15, 0.2) is 5.15 Å². The van der Waals surface area contributed by atoms with E-state index in [0.717, 1.165) is 44.1 Å². The van der Waals surface area contributed by atoms with Crippen LogP contribution >= 0.6 is 23.2 Å². The molecule has 1 aliphatic heterocycles. The molecule has 1 aromatic heterocycles. The summed E-state index contributed by atoms with van der Waals surface area (Å²) in [4.78, 5) is 13.0. The number of aromatic nitrogens is 2. The molecule has 0 bridgehead atoms. The van der Waals surface area contributed by atoms with Crippen molar-refractivity contribution in [2.24, 2.45) is 0 Å². The second-order valence-corrected chi connectivity index (χ2v) is 6.16.